The second-order valence-corrected chi connectivity index (χ2v) is 7.43. The molecule has 4 nitrogen and oxygen atoms in total. The first-order valence-corrected chi connectivity index (χ1v) is 8.57. The fourth-order valence-electron chi connectivity index (χ4n) is 1.61. The van der Waals surface area contributed by atoms with Crippen LogP contribution in [0.15, 0.2) is 6.07 Å². The quantitative estimate of drug-likeness (QED) is 0.735. The molecule has 110 valence electrons. The highest BCUT2D eigenvalue weighted by atomic mass is 35.5. The van der Waals surface area contributed by atoms with Crippen molar-refractivity contribution in [3.05, 3.63) is 19.7 Å². The van der Waals surface area contributed by atoms with E-state index >= 15 is 0 Å². The largest absolute Gasteiger partial charge is 0.383 e. The highest BCUT2D eigenvalue weighted by Gasteiger charge is 2.13. The maximum Gasteiger partial charge on any atom is 0.150 e. The predicted octanol–water partition coefficient (Wildman–Crippen LogP) is 3.74. The van der Waals surface area contributed by atoms with Gasteiger partial charge in [0.05, 0.1) is 10.9 Å². The first-order chi connectivity index (χ1) is 9.70. The van der Waals surface area contributed by atoms with Crippen LogP contribution in [-0.2, 0) is 11.2 Å². The van der Waals surface area contributed by atoms with Gasteiger partial charge in [0.2, 0.25) is 0 Å². The molecular weight excluding hydrogens is 337 g/mol. The fraction of sp³-hybridized carbons (Fsp3) is 0.500. The van der Waals surface area contributed by atoms with Crippen LogP contribution in [0.4, 0.5) is 0 Å². The molecule has 2 rings (SSSR count). The highest BCUT2D eigenvalue weighted by Crippen LogP contribution is 2.39. The van der Waals surface area contributed by atoms with E-state index in [4.69, 9.17) is 27.9 Å². The lowest BCUT2D eigenvalue weighted by molar-refractivity contribution is 0.199. The summed E-state index contributed by atoms with van der Waals surface area (Å²) in [7, 11) is 1.70. The number of aromatic nitrogens is 2. The summed E-state index contributed by atoms with van der Waals surface area (Å²) in [6.07, 6.45) is 1.93. The summed E-state index contributed by atoms with van der Waals surface area (Å²) in [5, 5.41) is 13.5. The van der Waals surface area contributed by atoms with E-state index in [0.717, 1.165) is 48.1 Å². The lowest BCUT2D eigenvalue weighted by Crippen LogP contribution is -2.20. The molecular formula is C12H15Cl2N3OS2. The Morgan fingerprint density at radius 1 is 1.25 bits per heavy atom. The van der Waals surface area contributed by atoms with Gasteiger partial charge in [-0.25, -0.2) is 0 Å². The van der Waals surface area contributed by atoms with Gasteiger partial charge in [0.15, 0.2) is 0 Å². The van der Waals surface area contributed by atoms with E-state index in [2.05, 4.69) is 15.5 Å². The molecule has 0 amide bonds. The summed E-state index contributed by atoms with van der Waals surface area (Å²) < 4.78 is 6.30. The lowest BCUT2D eigenvalue weighted by atomic mass is 10.3. The maximum atomic E-state index is 6.12. The molecule has 0 aliphatic rings. The van der Waals surface area contributed by atoms with Gasteiger partial charge in [-0.05, 0) is 19.0 Å². The Kier molecular flexibility index (Phi) is 6.67. The van der Waals surface area contributed by atoms with Crippen LogP contribution in [0.3, 0.4) is 0 Å². The third-order valence-electron chi connectivity index (χ3n) is 2.58. The summed E-state index contributed by atoms with van der Waals surface area (Å²) in [6.45, 7) is 2.56. The van der Waals surface area contributed by atoms with Crippen LogP contribution in [-0.4, -0.2) is 37.0 Å². The number of halogens is 2. The molecule has 8 heteroatoms. The van der Waals surface area contributed by atoms with Gasteiger partial charge in [-0.3, -0.25) is 0 Å². The SMILES string of the molecule is COCCNCCCc1nnc(-c2cc(Cl)sc2Cl)s1. The van der Waals surface area contributed by atoms with Crippen LogP contribution in [0, 0.1) is 0 Å². The summed E-state index contributed by atoms with van der Waals surface area (Å²) in [5.41, 5.74) is 0.878. The van der Waals surface area contributed by atoms with Crippen molar-refractivity contribution in [2.24, 2.45) is 0 Å². The Morgan fingerprint density at radius 2 is 2.10 bits per heavy atom. The maximum absolute atomic E-state index is 6.12. The first kappa shape index (κ1) is 16.1. The number of nitrogens with zero attached hydrogens (tertiary/aromatic N) is 2. The van der Waals surface area contributed by atoms with Crippen LogP contribution >= 0.6 is 45.9 Å². The Hall–Kier alpha value is -0.240. The number of methoxy groups -OCH3 is 1. The van der Waals surface area contributed by atoms with Crippen LogP contribution in [0.25, 0.3) is 10.6 Å². The number of hydrogen-bond acceptors (Lipinski definition) is 6. The van der Waals surface area contributed by atoms with Crippen molar-refractivity contribution in [3.63, 3.8) is 0 Å². The van der Waals surface area contributed by atoms with Crippen molar-refractivity contribution in [1.82, 2.24) is 15.5 Å². The summed E-state index contributed by atoms with van der Waals surface area (Å²) in [6, 6.07) is 1.84. The molecule has 0 aromatic carbocycles. The topological polar surface area (TPSA) is 47.0 Å². The van der Waals surface area contributed by atoms with Gasteiger partial charge in [-0.1, -0.05) is 34.5 Å². The molecule has 0 fully saturated rings. The standard InChI is InChI=1S/C12H15Cl2N3OS2/c1-18-6-5-15-4-2-3-10-16-17-12(20-10)8-7-9(13)19-11(8)14/h7,15H,2-6H2,1H3. The van der Waals surface area contributed by atoms with Crippen LogP contribution < -0.4 is 5.32 Å². The lowest BCUT2D eigenvalue weighted by Gasteiger charge is -2.01. The third-order valence-corrected chi connectivity index (χ3v) is 5.09. The molecule has 0 saturated heterocycles. The van der Waals surface area contributed by atoms with E-state index in [1.807, 2.05) is 6.07 Å². The van der Waals surface area contributed by atoms with E-state index in [0.29, 0.717) is 8.67 Å². The van der Waals surface area contributed by atoms with Gasteiger partial charge in [0.1, 0.15) is 14.4 Å². The van der Waals surface area contributed by atoms with Crippen molar-refractivity contribution < 1.29 is 4.74 Å². The average molecular weight is 352 g/mol. The van der Waals surface area contributed by atoms with Gasteiger partial charge < -0.3 is 10.1 Å². The van der Waals surface area contributed by atoms with Crippen molar-refractivity contribution in [3.8, 4) is 10.6 Å². The highest BCUT2D eigenvalue weighted by molar-refractivity contribution is 7.21. The van der Waals surface area contributed by atoms with Crippen LogP contribution in [0.2, 0.25) is 8.67 Å². The molecule has 0 unspecified atom stereocenters. The minimum atomic E-state index is 0.666. The Balaban J connectivity index is 1.82. The van der Waals surface area contributed by atoms with E-state index in [1.165, 1.54) is 11.3 Å². The summed E-state index contributed by atoms with van der Waals surface area (Å²) >= 11 is 15.0. The van der Waals surface area contributed by atoms with Crippen LogP contribution in [0.1, 0.15) is 11.4 Å². The minimum Gasteiger partial charge on any atom is -0.383 e. The number of ether oxygens (including phenoxy) is 1. The van der Waals surface area contributed by atoms with Gasteiger partial charge in [-0.2, -0.15) is 0 Å². The molecule has 0 spiro atoms. The second kappa shape index (κ2) is 8.26. The van der Waals surface area contributed by atoms with Gasteiger partial charge in [0, 0.05) is 25.6 Å². The van der Waals surface area contributed by atoms with Crippen molar-refractivity contribution in [2.45, 2.75) is 12.8 Å². The smallest absolute Gasteiger partial charge is 0.150 e. The Labute approximate surface area is 136 Å². The molecule has 2 aromatic rings. The molecule has 1 N–H and O–H groups in total. The molecule has 0 bridgehead atoms. The Morgan fingerprint density at radius 3 is 2.80 bits per heavy atom. The summed E-state index contributed by atoms with van der Waals surface area (Å²) in [4.78, 5) is 0. The van der Waals surface area contributed by atoms with Crippen molar-refractivity contribution >= 4 is 45.9 Å². The zero-order valence-corrected chi connectivity index (χ0v) is 14.1. The molecule has 0 radical (unpaired) electrons. The van der Waals surface area contributed by atoms with Crippen molar-refractivity contribution in [1.29, 1.82) is 0 Å². The molecule has 0 atom stereocenters. The minimum absolute atomic E-state index is 0.666. The molecule has 2 heterocycles. The zero-order chi connectivity index (χ0) is 14.4. The predicted molar refractivity (Wildman–Crippen MR) is 86.3 cm³/mol. The Bertz CT molecular complexity index is 545. The third kappa shape index (κ3) is 4.65. The van der Waals surface area contributed by atoms with E-state index in [9.17, 15) is 0 Å². The normalized spacial score (nSPS) is 11.2. The average Bonchev–Trinajstić information content (AvgIpc) is 3.00. The van der Waals surface area contributed by atoms with Crippen LogP contribution in [0.5, 0.6) is 0 Å². The summed E-state index contributed by atoms with van der Waals surface area (Å²) in [5.74, 6) is 0. The fourth-order valence-corrected chi connectivity index (χ4v) is 4.10. The molecule has 0 aliphatic carbocycles. The van der Waals surface area contributed by atoms with E-state index < -0.39 is 0 Å². The van der Waals surface area contributed by atoms with E-state index in [-0.39, 0.29) is 0 Å². The monoisotopic (exact) mass is 351 g/mol. The number of nitrogens with one attached hydrogen (secondary N) is 1. The number of thiophene rings is 1. The molecule has 20 heavy (non-hydrogen) atoms. The molecule has 0 aliphatic heterocycles. The molecule has 2 aromatic heterocycles. The first-order valence-electron chi connectivity index (χ1n) is 6.18. The van der Waals surface area contributed by atoms with Crippen molar-refractivity contribution in [2.75, 3.05) is 26.8 Å². The van der Waals surface area contributed by atoms with Gasteiger partial charge in [0.25, 0.3) is 0 Å². The zero-order valence-electron chi connectivity index (χ0n) is 11.0. The number of rotatable bonds is 8. The van der Waals surface area contributed by atoms with Gasteiger partial charge in [-0.15, -0.1) is 21.5 Å². The number of hydrogen-bond donors (Lipinski definition) is 1. The number of aryl methyl sites for hydroxylation is 1. The van der Waals surface area contributed by atoms with E-state index in [1.54, 1.807) is 18.4 Å². The molecule has 0 saturated carbocycles. The van der Waals surface area contributed by atoms with Gasteiger partial charge >= 0.3 is 0 Å². The second-order valence-electron chi connectivity index (χ2n) is 4.09.